The van der Waals surface area contributed by atoms with Gasteiger partial charge < -0.3 is 14.4 Å². The van der Waals surface area contributed by atoms with Crippen LogP contribution in [0.5, 0.6) is 0 Å². The molecule has 0 aliphatic carbocycles. The number of esters is 2. The van der Waals surface area contributed by atoms with Crippen LogP contribution in [0.15, 0.2) is 24.3 Å². The molecule has 0 N–H and O–H groups in total. The molecule has 1 aromatic rings. The SMILES string of the molecule is CCOC(=O)C1CCN(C(=O)C(C)OC(=O)CCc2ccccc2F)CC1. The molecule has 0 aromatic heterocycles. The molecule has 0 bridgehead atoms. The van der Waals surface area contributed by atoms with Gasteiger partial charge in [0.15, 0.2) is 6.10 Å². The molecule has 1 unspecified atom stereocenters. The molecule has 1 saturated heterocycles. The van der Waals surface area contributed by atoms with E-state index in [0.29, 0.717) is 38.1 Å². The van der Waals surface area contributed by atoms with Gasteiger partial charge in [-0.1, -0.05) is 18.2 Å². The van der Waals surface area contributed by atoms with Gasteiger partial charge in [0.2, 0.25) is 0 Å². The van der Waals surface area contributed by atoms with Gasteiger partial charge in [-0.3, -0.25) is 14.4 Å². The topological polar surface area (TPSA) is 72.9 Å². The van der Waals surface area contributed by atoms with Crippen LogP contribution in [0.3, 0.4) is 0 Å². The van der Waals surface area contributed by atoms with Crippen molar-refractivity contribution in [3.05, 3.63) is 35.6 Å². The number of piperidine rings is 1. The monoisotopic (exact) mass is 379 g/mol. The third kappa shape index (κ3) is 6.05. The number of ether oxygens (including phenoxy) is 2. The molecule has 1 aliphatic heterocycles. The van der Waals surface area contributed by atoms with E-state index in [1.54, 1.807) is 30.0 Å². The van der Waals surface area contributed by atoms with Gasteiger partial charge in [0, 0.05) is 19.5 Å². The van der Waals surface area contributed by atoms with Crippen molar-refractivity contribution in [2.75, 3.05) is 19.7 Å². The van der Waals surface area contributed by atoms with Gasteiger partial charge >= 0.3 is 11.9 Å². The number of likely N-dealkylation sites (tertiary alicyclic amines) is 1. The fraction of sp³-hybridized carbons (Fsp3) is 0.550. The van der Waals surface area contributed by atoms with E-state index in [-0.39, 0.29) is 36.5 Å². The van der Waals surface area contributed by atoms with Gasteiger partial charge in [-0.05, 0) is 44.7 Å². The summed E-state index contributed by atoms with van der Waals surface area (Å²) in [5.41, 5.74) is 0.439. The van der Waals surface area contributed by atoms with E-state index in [1.165, 1.54) is 13.0 Å². The third-order valence-electron chi connectivity index (χ3n) is 4.64. The summed E-state index contributed by atoms with van der Waals surface area (Å²) in [5, 5.41) is 0. The van der Waals surface area contributed by atoms with Crippen LogP contribution in [0, 0.1) is 11.7 Å². The van der Waals surface area contributed by atoms with E-state index in [9.17, 15) is 18.8 Å². The first kappa shape index (κ1) is 20.9. The van der Waals surface area contributed by atoms with Crippen molar-refractivity contribution in [2.24, 2.45) is 5.92 Å². The maximum absolute atomic E-state index is 13.6. The molecule has 1 heterocycles. The van der Waals surface area contributed by atoms with E-state index >= 15 is 0 Å². The summed E-state index contributed by atoms with van der Waals surface area (Å²) in [5.74, 6) is -1.60. The summed E-state index contributed by atoms with van der Waals surface area (Å²) in [4.78, 5) is 37.7. The number of halogens is 1. The molecule has 148 valence electrons. The normalized spacial score (nSPS) is 15.9. The Balaban J connectivity index is 1.76. The number of benzene rings is 1. The lowest BCUT2D eigenvalue weighted by atomic mass is 9.97. The second kappa shape index (κ2) is 10.0. The number of amides is 1. The van der Waals surface area contributed by atoms with Crippen LogP contribution in [-0.2, 0) is 30.3 Å². The van der Waals surface area contributed by atoms with Crippen LogP contribution in [0.1, 0.15) is 38.7 Å². The Morgan fingerprint density at radius 3 is 2.52 bits per heavy atom. The van der Waals surface area contributed by atoms with Crippen molar-refractivity contribution in [1.82, 2.24) is 4.90 Å². The Bertz CT molecular complexity index is 670. The van der Waals surface area contributed by atoms with Crippen molar-refractivity contribution in [1.29, 1.82) is 0 Å². The second-order valence-electron chi connectivity index (χ2n) is 6.58. The zero-order chi connectivity index (χ0) is 19.8. The number of hydrogen-bond acceptors (Lipinski definition) is 5. The molecule has 7 heteroatoms. The molecule has 1 amide bonds. The van der Waals surface area contributed by atoms with Crippen molar-refractivity contribution in [3.8, 4) is 0 Å². The second-order valence-corrected chi connectivity index (χ2v) is 6.58. The molecule has 0 saturated carbocycles. The van der Waals surface area contributed by atoms with E-state index in [1.807, 2.05) is 0 Å². The Hall–Kier alpha value is -2.44. The summed E-state index contributed by atoms with van der Waals surface area (Å²) in [6, 6.07) is 6.25. The molecule has 0 spiro atoms. The molecule has 1 aliphatic rings. The molecule has 6 nitrogen and oxygen atoms in total. The predicted octanol–water partition coefficient (Wildman–Crippen LogP) is 2.49. The third-order valence-corrected chi connectivity index (χ3v) is 4.64. The minimum absolute atomic E-state index is 0.00346. The highest BCUT2D eigenvalue weighted by Crippen LogP contribution is 2.20. The molecule has 1 fully saturated rings. The molecule has 1 atom stereocenters. The number of carbonyl (C=O) groups is 3. The van der Waals surface area contributed by atoms with Gasteiger partial charge in [0.25, 0.3) is 5.91 Å². The summed E-state index contributed by atoms with van der Waals surface area (Å²) in [6.07, 6.45) is 0.398. The molecule has 27 heavy (non-hydrogen) atoms. The Morgan fingerprint density at radius 2 is 1.89 bits per heavy atom. The number of aryl methyl sites for hydroxylation is 1. The average Bonchev–Trinajstić information content (AvgIpc) is 2.67. The molecule has 0 radical (unpaired) electrons. The highest BCUT2D eigenvalue weighted by Gasteiger charge is 2.31. The zero-order valence-electron chi connectivity index (χ0n) is 15.8. The molecule has 2 rings (SSSR count). The van der Waals surface area contributed by atoms with Gasteiger partial charge in [-0.2, -0.15) is 0 Å². The quantitative estimate of drug-likeness (QED) is 0.681. The lowest BCUT2D eigenvalue weighted by Crippen LogP contribution is -2.45. The minimum Gasteiger partial charge on any atom is -0.466 e. The first-order valence-corrected chi connectivity index (χ1v) is 9.30. The van der Waals surface area contributed by atoms with Gasteiger partial charge in [-0.15, -0.1) is 0 Å². The van der Waals surface area contributed by atoms with E-state index in [4.69, 9.17) is 9.47 Å². The first-order chi connectivity index (χ1) is 12.9. The Kier molecular flexibility index (Phi) is 7.76. The lowest BCUT2D eigenvalue weighted by Gasteiger charge is -2.32. The van der Waals surface area contributed by atoms with E-state index < -0.39 is 12.1 Å². The predicted molar refractivity (Wildman–Crippen MR) is 96.2 cm³/mol. The van der Waals surface area contributed by atoms with E-state index in [0.717, 1.165) is 0 Å². The zero-order valence-corrected chi connectivity index (χ0v) is 15.8. The van der Waals surface area contributed by atoms with Crippen molar-refractivity contribution >= 4 is 17.8 Å². The summed E-state index contributed by atoms with van der Waals surface area (Å²) in [7, 11) is 0. The maximum Gasteiger partial charge on any atom is 0.309 e. The minimum atomic E-state index is -0.905. The summed E-state index contributed by atoms with van der Waals surface area (Å²) < 4.78 is 23.8. The number of rotatable bonds is 7. The van der Waals surface area contributed by atoms with Crippen LogP contribution < -0.4 is 0 Å². The summed E-state index contributed by atoms with van der Waals surface area (Å²) in [6.45, 7) is 4.50. The van der Waals surface area contributed by atoms with Gasteiger partial charge in [-0.25, -0.2) is 4.39 Å². The number of nitrogens with zero attached hydrogens (tertiary/aromatic N) is 1. The fourth-order valence-electron chi connectivity index (χ4n) is 3.10. The van der Waals surface area contributed by atoms with Gasteiger partial charge in [0.05, 0.1) is 12.5 Å². The highest BCUT2D eigenvalue weighted by atomic mass is 19.1. The molecular formula is C20H26FNO5. The van der Waals surface area contributed by atoms with Crippen LogP contribution in [0.2, 0.25) is 0 Å². The van der Waals surface area contributed by atoms with Crippen LogP contribution in [0.25, 0.3) is 0 Å². The van der Waals surface area contributed by atoms with Crippen LogP contribution in [-0.4, -0.2) is 48.5 Å². The smallest absolute Gasteiger partial charge is 0.309 e. The number of carbonyl (C=O) groups excluding carboxylic acids is 3. The fourth-order valence-corrected chi connectivity index (χ4v) is 3.10. The highest BCUT2D eigenvalue weighted by molar-refractivity contribution is 5.84. The maximum atomic E-state index is 13.6. The standard InChI is InChI=1S/C20H26FNO5/c1-3-26-20(25)16-10-12-22(13-11-16)19(24)14(2)27-18(23)9-8-15-6-4-5-7-17(15)21/h4-7,14,16H,3,8-13H2,1-2H3. The Morgan fingerprint density at radius 1 is 1.22 bits per heavy atom. The van der Waals surface area contributed by atoms with Crippen LogP contribution >= 0.6 is 0 Å². The Labute approximate surface area is 158 Å². The van der Waals surface area contributed by atoms with Crippen LogP contribution in [0.4, 0.5) is 4.39 Å². The first-order valence-electron chi connectivity index (χ1n) is 9.30. The van der Waals surface area contributed by atoms with Crippen molar-refractivity contribution < 1.29 is 28.2 Å². The number of hydrogen-bond donors (Lipinski definition) is 0. The van der Waals surface area contributed by atoms with Gasteiger partial charge in [0.1, 0.15) is 5.82 Å². The van der Waals surface area contributed by atoms with Crippen molar-refractivity contribution in [2.45, 2.75) is 45.6 Å². The summed E-state index contributed by atoms with van der Waals surface area (Å²) >= 11 is 0. The van der Waals surface area contributed by atoms with E-state index in [2.05, 4.69) is 0 Å². The molecular weight excluding hydrogens is 353 g/mol. The lowest BCUT2D eigenvalue weighted by molar-refractivity contribution is -0.160. The average molecular weight is 379 g/mol. The largest absolute Gasteiger partial charge is 0.466 e. The van der Waals surface area contributed by atoms with Crippen molar-refractivity contribution in [3.63, 3.8) is 0 Å². The molecule has 1 aromatic carbocycles.